The summed E-state index contributed by atoms with van der Waals surface area (Å²) < 4.78 is 0. The van der Waals surface area contributed by atoms with Crippen LogP contribution in [0.1, 0.15) is 25.7 Å². The fourth-order valence-corrected chi connectivity index (χ4v) is 4.28. The maximum atomic E-state index is 12.6. The number of hydrogen-bond donors (Lipinski definition) is 1. The van der Waals surface area contributed by atoms with Gasteiger partial charge in [0.1, 0.15) is 0 Å². The minimum atomic E-state index is 0.0509. The first kappa shape index (κ1) is 19.3. The highest BCUT2D eigenvalue weighted by molar-refractivity contribution is 6.33. The summed E-state index contributed by atoms with van der Waals surface area (Å²) in [6.45, 7) is 4.92. The summed E-state index contributed by atoms with van der Waals surface area (Å²) in [5.41, 5.74) is 1.06. The molecule has 2 saturated heterocycles. The molecule has 1 aromatic rings. The van der Waals surface area contributed by atoms with Crippen LogP contribution in [0.15, 0.2) is 24.3 Å². The number of nitrogens with one attached hydrogen (secondary N) is 1. The molecule has 3 rings (SSSR count). The molecule has 144 valence electrons. The predicted octanol–water partition coefficient (Wildman–Crippen LogP) is 3.29. The number of carbonyl (C=O) groups excluding carboxylic acids is 1. The van der Waals surface area contributed by atoms with Gasteiger partial charge in [-0.2, -0.15) is 0 Å². The summed E-state index contributed by atoms with van der Waals surface area (Å²) in [6, 6.07) is 8.17. The Balaban J connectivity index is 1.50. The van der Waals surface area contributed by atoms with Gasteiger partial charge in [-0.1, -0.05) is 23.7 Å². The van der Waals surface area contributed by atoms with Crippen LogP contribution >= 0.6 is 11.6 Å². The van der Waals surface area contributed by atoms with E-state index in [1.165, 1.54) is 12.8 Å². The lowest BCUT2D eigenvalue weighted by atomic mass is 9.97. The number of piperidine rings is 2. The zero-order valence-corrected chi connectivity index (χ0v) is 16.7. The summed E-state index contributed by atoms with van der Waals surface area (Å²) >= 11 is 6.34. The standard InChI is InChI=1S/C20H31ClN4O/c1-23-12-9-16(10-13-23)14-24(2)20(26)22-17-6-5-11-25(15-17)19-8-4-3-7-18(19)21/h3-4,7-8,16-17H,5-6,9-15H2,1-2H3,(H,22,26). The molecule has 1 N–H and O–H groups in total. The second kappa shape index (κ2) is 8.96. The lowest BCUT2D eigenvalue weighted by molar-refractivity contribution is 0.167. The first-order valence-corrected chi connectivity index (χ1v) is 10.1. The van der Waals surface area contributed by atoms with Crippen LogP contribution in [0.4, 0.5) is 10.5 Å². The average molecular weight is 379 g/mol. The molecule has 2 aliphatic heterocycles. The smallest absolute Gasteiger partial charge is 0.317 e. The number of hydrogen-bond acceptors (Lipinski definition) is 3. The van der Waals surface area contributed by atoms with Crippen molar-refractivity contribution in [3.05, 3.63) is 29.3 Å². The third-order valence-corrected chi connectivity index (χ3v) is 5.98. The molecule has 1 atom stereocenters. The van der Waals surface area contributed by atoms with Gasteiger partial charge >= 0.3 is 6.03 Å². The molecule has 0 bridgehead atoms. The molecule has 1 unspecified atom stereocenters. The summed E-state index contributed by atoms with van der Waals surface area (Å²) in [5, 5.41) is 4.00. The SMILES string of the molecule is CN1CCC(CN(C)C(=O)NC2CCCN(c3ccccc3Cl)C2)CC1. The van der Waals surface area contributed by atoms with Crippen LogP contribution in [-0.2, 0) is 0 Å². The Morgan fingerprint density at radius 2 is 1.96 bits per heavy atom. The molecule has 2 heterocycles. The fourth-order valence-electron chi connectivity index (χ4n) is 4.02. The third-order valence-electron chi connectivity index (χ3n) is 5.66. The molecule has 0 radical (unpaired) electrons. The summed E-state index contributed by atoms with van der Waals surface area (Å²) in [6.07, 6.45) is 4.44. The van der Waals surface area contributed by atoms with E-state index in [9.17, 15) is 4.79 Å². The number of benzene rings is 1. The zero-order chi connectivity index (χ0) is 18.5. The summed E-state index contributed by atoms with van der Waals surface area (Å²) in [7, 11) is 4.09. The molecular formula is C20H31ClN4O. The summed E-state index contributed by atoms with van der Waals surface area (Å²) in [5.74, 6) is 0.618. The van der Waals surface area contributed by atoms with Gasteiger partial charge < -0.3 is 20.0 Å². The van der Waals surface area contributed by atoms with Gasteiger partial charge in [-0.25, -0.2) is 4.79 Å². The van der Waals surface area contributed by atoms with Gasteiger partial charge in [-0.05, 0) is 63.9 Å². The molecule has 0 aromatic heterocycles. The number of nitrogens with zero attached hydrogens (tertiary/aromatic N) is 3. The zero-order valence-electron chi connectivity index (χ0n) is 16.0. The van der Waals surface area contributed by atoms with Crippen molar-refractivity contribution in [1.29, 1.82) is 0 Å². The van der Waals surface area contributed by atoms with Crippen molar-refractivity contribution in [2.45, 2.75) is 31.7 Å². The molecule has 2 fully saturated rings. The maximum Gasteiger partial charge on any atom is 0.317 e. The highest BCUT2D eigenvalue weighted by Crippen LogP contribution is 2.27. The van der Waals surface area contributed by atoms with Gasteiger partial charge in [0.2, 0.25) is 0 Å². The molecule has 26 heavy (non-hydrogen) atoms. The van der Waals surface area contributed by atoms with Crippen LogP contribution in [0, 0.1) is 5.92 Å². The van der Waals surface area contributed by atoms with Gasteiger partial charge in [0, 0.05) is 32.7 Å². The lowest BCUT2D eigenvalue weighted by Crippen LogP contribution is -2.51. The molecule has 0 saturated carbocycles. The topological polar surface area (TPSA) is 38.8 Å². The second-order valence-electron chi connectivity index (χ2n) is 7.81. The van der Waals surface area contributed by atoms with E-state index in [4.69, 9.17) is 11.6 Å². The van der Waals surface area contributed by atoms with Crippen molar-refractivity contribution in [3.63, 3.8) is 0 Å². The van der Waals surface area contributed by atoms with Crippen molar-refractivity contribution < 1.29 is 4.79 Å². The van der Waals surface area contributed by atoms with E-state index in [0.717, 1.165) is 56.3 Å². The Hall–Kier alpha value is -1.46. The Labute approximate surface area is 162 Å². The number of halogens is 1. The highest BCUT2D eigenvalue weighted by Gasteiger charge is 2.25. The van der Waals surface area contributed by atoms with Gasteiger partial charge in [0.25, 0.3) is 0 Å². The number of rotatable bonds is 4. The largest absolute Gasteiger partial charge is 0.368 e. The normalized spacial score (nSPS) is 22.3. The first-order valence-electron chi connectivity index (χ1n) is 9.72. The van der Waals surface area contributed by atoms with Crippen molar-refractivity contribution in [3.8, 4) is 0 Å². The molecule has 0 spiro atoms. The van der Waals surface area contributed by atoms with Crippen molar-refractivity contribution in [2.24, 2.45) is 5.92 Å². The second-order valence-corrected chi connectivity index (χ2v) is 8.22. The van der Waals surface area contributed by atoms with Gasteiger partial charge in [0.15, 0.2) is 0 Å². The summed E-state index contributed by atoms with van der Waals surface area (Å²) in [4.78, 5) is 19.1. The van der Waals surface area contributed by atoms with Gasteiger partial charge in [0.05, 0.1) is 10.7 Å². The van der Waals surface area contributed by atoms with Crippen molar-refractivity contribution in [2.75, 3.05) is 51.7 Å². The molecule has 2 amide bonds. The van der Waals surface area contributed by atoms with E-state index in [1.54, 1.807) is 0 Å². The van der Waals surface area contributed by atoms with E-state index in [2.05, 4.69) is 28.2 Å². The minimum Gasteiger partial charge on any atom is -0.368 e. The lowest BCUT2D eigenvalue weighted by Gasteiger charge is -2.36. The van der Waals surface area contributed by atoms with E-state index >= 15 is 0 Å². The van der Waals surface area contributed by atoms with Crippen molar-refractivity contribution in [1.82, 2.24) is 15.1 Å². The van der Waals surface area contributed by atoms with Crippen molar-refractivity contribution >= 4 is 23.3 Å². The van der Waals surface area contributed by atoms with E-state index in [1.807, 2.05) is 30.1 Å². The van der Waals surface area contributed by atoms with E-state index in [-0.39, 0.29) is 12.1 Å². The maximum absolute atomic E-state index is 12.6. The quantitative estimate of drug-likeness (QED) is 0.873. The molecule has 6 heteroatoms. The Bertz CT molecular complexity index is 603. The van der Waals surface area contributed by atoms with Crippen LogP contribution in [0.2, 0.25) is 5.02 Å². The molecule has 0 aliphatic carbocycles. The number of likely N-dealkylation sites (tertiary alicyclic amines) is 1. The Morgan fingerprint density at radius 3 is 2.69 bits per heavy atom. The van der Waals surface area contributed by atoms with Gasteiger partial charge in [-0.15, -0.1) is 0 Å². The van der Waals surface area contributed by atoms with Crippen LogP contribution in [0.5, 0.6) is 0 Å². The molecule has 2 aliphatic rings. The first-order chi connectivity index (χ1) is 12.5. The molecule has 5 nitrogen and oxygen atoms in total. The number of anilines is 1. The fraction of sp³-hybridized carbons (Fsp3) is 0.650. The highest BCUT2D eigenvalue weighted by atomic mass is 35.5. The van der Waals surface area contributed by atoms with E-state index in [0.29, 0.717) is 5.92 Å². The molecular weight excluding hydrogens is 348 g/mol. The number of para-hydroxylation sites is 1. The predicted molar refractivity (Wildman–Crippen MR) is 108 cm³/mol. The van der Waals surface area contributed by atoms with Gasteiger partial charge in [-0.3, -0.25) is 0 Å². The number of carbonyl (C=O) groups is 1. The van der Waals surface area contributed by atoms with Crippen LogP contribution in [0.3, 0.4) is 0 Å². The number of amides is 2. The third kappa shape index (κ3) is 5.04. The average Bonchev–Trinajstić information content (AvgIpc) is 2.64. The Kier molecular flexibility index (Phi) is 6.65. The Morgan fingerprint density at radius 1 is 1.23 bits per heavy atom. The number of urea groups is 1. The monoisotopic (exact) mass is 378 g/mol. The van der Waals surface area contributed by atoms with Crippen LogP contribution < -0.4 is 10.2 Å². The van der Waals surface area contributed by atoms with Crippen LogP contribution in [-0.4, -0.2) is 68.7 Å². The minimum absolute atomic E-state index is 0.0509. The molecule has 1 aromatic carbocycles. The van der Waals surface area contributed by atoms with E-state index < -0.39 is 0 Å². The van der Waals surface area contributed by atoms with Crippen LogP contribution in [0.25, 0.3) is 0 Å².